The molecule has 1 aliphatic carbocycles. The van der Waals surface area contributed by atoms with E-state index in [9.17, 15) is 0 Å². The maximum atomic E-state index is 5.53. The molecule has 0 amide bonds. The minimum Gasteiger partial charge on any atom is -0.373 e. The summed E-state index contributed by atoms with van der Waals surface area (Å²) in [6, 6.07) is 1.89. The van der Waals surface area contributed by atoms with E-state index in [2.05, 4.69) is 36.2 Å². The minimum atomic E-state index is -0.0366. The number of nitrogens with two attached hydrogens (primary N) is 1. The van der Waals surface area contributed by atoms with Crippen molar-refractivity contribution < 1.29 is 4.74 Å². The van der Waals surface area contributed by atoms with Crippen molar-refractivity contribution in [2.75, 3.05) is 12.5 Å². The summed E-state index contributed by atoms with van der Waals surface area (Å²) in [5.74, 6) is 7.42. The van der Waals surface area contributed by atoms with Crippen molar-refractivity contribution in [3.8, 4) is 0 Å². The number of hydrazine groups is 1. The average molecular weight is 250 g/mol. The number of hydrogen-bond acceptors (Lipinski definition) is 5. The molecule has 0 radical (unpaired) electrons. The summed E-state index contributed by atoms with van der Waals surface area (Å²) in [5, 5.41) is 0. The van der Waals surface area contributed by atoms with Crippen LogP contribution in [0.3, 0.4) is 0 Å². The van der Waals surface area contributed by atoms with E-state index in [1.807, 2.05) is 6.07 Å². The Bertz CT molecular complexity index is 423. The molecule has 18 heavy (non-hydrogen) atoms. The highest BCUT2D eigenvalue weighted by Crippen LogP contribution is 2.42. The number of hydrogen-bond donors (Lipinski definition) is 2. The molecule has 100 valence electrons. The van der Waals surface area contributed by atoms with Crippen LogP contribution in [0, 0.1) is 5.92 Å². The number of methoxy groups -OCH3 is 1. The number of nitrogens with zero attached hydrogens (tertiary/aromatic N) is 2. The van der Waals surface area contributed by atoms with Gasteiger partial charge in [0.2, 0.25) is 0 Å². The van der Waals surface area contributed by atoms with Crippen LogP contribution in [-0.4, -0.2) is 17.1 Å². The molecule has 1 aromatic heterocycles. The molecule has 0 spiro atoms. The highest BCUT2D eigenvalue weighted by atomic mass is 16.5. The van der Waals surface area contributed by atoms with Gasteiger partial charge in [-0.15, -0.1) is 0 Å². The van der Waals surface area contributed by atoms with Crippen molar-refractivity contribution in [2.45, 2.75) is 45.1 Å². The summed E-state index contributed by atoms with van der Waals surface area (Å²) in [6.45, 7) is 6.37. The Morgan fingerprint density at radius 1 is 1.39 bits per heavy atom. The summed E-state index contributed by atoms with van der Waals surface area (Å²) < 4.78 is 5.53. The normalized spacial score (nSPS) is 17.6. The third kappa shape index (κ3) is 2.79. The Labute approximate surface area is 108 Å². The van der Waals surface area contributed by atoms with Crippen molar-refractivity contribution in [3.05, 3.63) is 17.6 Å². The second-order valence-corrected chi connectivity index (χ2v) is 5.88. The molecule has 5 nitrogen and oxygen atoms in total. The molecular weight excluding hydrogens is 228 g/mol. The van der Waals surface area contributed by atoms with E-state index in [4.69, 9.17) is 10.6 Å². The number of nitrogens with one attached hydrogen (secondary N) is 1. The molecule has 1 aliphatic rings. The van der Waals surface area contributed by atoms with Crippen LogP contribution in [0.5, 0.6) is 0 Å². The average Bonchev–Trinajstić information content (AvgIpc) is 3.13. The Kier molecular flexibility index (Phi) is 3.54. The van der Waals surface area contributed by atoms with Crippen molar-refractivity contribution in [2.24, 2.45) is 11.8 Å². The molecule has 1 aromatic rings. The molecule has 1 unspecified atom stereocenters. The lowest BCUT2D eigenvalue weighted by Gasteiger charge is -2.21. The van der Waals surface area contributed by atoms with Gasteiger partial charge in [0.15, 0.2) is 5.82 Å². The lowest BCUT2D eigenvalue weighted by Crippen LogP contribution is -2.20. The highest BCUT2D eigenvalue weighted by Gasteiger charge is 2.35. The van der Waals surface area contributed by atoms with Crippen LogP contribution >= 0.6 is 0 Å². The summed E-state index contributed by atoms with van der Waals surface area (Å²) >= 11 is 0. The zero-order valence-electron chi connectivity index (χ0n) is 11.5. The molecule has 0 aliphatic heterocycles. The van der Waals surface area contributed by atoms with Gasteiger partial charge in [0.05, 0.1) is 5.69 Å². The van der Waals surface area contributed by atoms with Crippen LogP contribution in [0.1, 0.15) is 51.2 Å². The van der Waals surface area contributed by atoms with Gasteiger partial charge in [-0.25, -0.2) is 15.8 Å². The van der Waals surface area contributed by atoms with Crippen LogP contribution in [0.2, 0.25) is 0 Å². The molecule has 1 atom stereocenters. The van der Waals surface area contributed by atoms with Crippen molar-refractivity contribution in [1.82, 2.24) is 9.97 Å². The van der Waals surface area contributed by atoms with Gasteiger partial charge in [-0.05, 0) is 18.8 Å². The highest BCUT2D eigenvalue weighted by molar-refractivity contribution is 5.37. The fraction of sp³-hybridized carbons (Fsp3) is 0.692. The smallest absolute Gasteiger partial charge is 0.160 e. The topological polar surface area (TPSA) is 73.1 Å². The first-order chi connectivity index (χ1) is 8.45. The standard InChI is InChI=1S/C13H22N4O/c1-13(2,3)9-7-10(17-14)16-12(15-9)11(18-4)8-5-6-8/h7-8,11H,5-6,14H2,1-4H3,(H,15,16,17). The van der Waals surface area contributed by atoms with Crippen LogP contribution in [0.25, 0.3) is 0 Å². The van der Waals surface area contributed by atoms with E-state index >= 15 is 0 Å². The van der Waals surface area contributed by atoms with Gasteiger partial charge < -0.3 is 10.2 Å². The first-order valence-electron chi connectivity index (χ1n) is 6.34. The lowest BCUT2D eigenvalue weighted by molar-refractivity contribution is 0.0769. The maximum absolute atomic E-state index is 5.53. The van der Waals surface area contributed by atoms with Gasteiger partial charge in [-0.1, -0.05) is 20.8 Å². The van der Waals surface area contributed by atoms with Crippen LogP contribution in [0.15, 0.2) is 6.07 Å². The second kappa shape index (κ2) is 4.82. The number of rotatable bonds is 4. The van der Waals surface area contributed by atoms with E-state index in [0.29, 0.717) is 11.7 Å². The fourth-order valence-corrected chi connectivity index (χ4v) is 1.96. The molecule has 0 bridgehead atoms. The van der Waals surface area contributed by atoms with Crippen LogP contribution in [-0.2, 0) is 10.2 Å². The zero-order chi connectivity index (χ0) is 13.3. The monoisotopic (exact) mass is 250 g/mol. The third-order valence-electron chi connectivity index (χ3n) is 3.22. The Balaban J connectivity index is 2.39. The molecule has 3 N–H and O–H groups in total. The number of aromatic nitrogens is 2. The number of ether oxygens (including phenoxy) is 1. The van der Waals surface area contributed by atoms with Crippen molar-refractivity contribution in [3.63, 3.8) is 0 Å². The Hall–Kier alpha value is -1.20. The van der Waals surface area contributed by atoms with Gasteiger partial charge in [0, 0.05) is 18.6 Å². The molecule has 2 rings (SSSR count). The van der Waals surface area contributed by atoms with E-state index in [-0.39, 0.29) is 11.5 Å². The summed E-state index contributed by atoms with van der Waals surface area (Å²) in [6.07, 6.45) is 2.36. The lowest BCUT2D eigenvalue weighted by atomic mass is 9.92. The third-order valence-corrected chi connectivity index (χ3v) is 3.22. The fourth-order valence-electron chi connectivity index (χ4n) is 1.96. The molecule has 5 heteroatoms. The molecule has 0 saturated heterocycles. The summed E-state index contributed by atoms with van der Waals surface area (Å²) in [4.78, 5) is 9.08. The second-order valence-electron chi connectivity index (χ2n) is 5.88. The number of nitrogen functional groups attached to an aromatic ring is 1. The SMILES string of the molecule is COC(c1nc(NN)cc(C(C)(C)C)n1)C1CC1. The van der Waals surface area contributed by atoms with Crippen LogP contribution < -0.4 is 11.3 Å². The van der Waals surface area contributed by atoms with Crippen molar-refractivity contribution >= 4 is 5.82 Å². The molecule has 1 saturated carbocycles. The molecule has 1 heterocycles. The van der Waals surface area contributed by atoms with Gasteiger partial charge in [-0.2, -0.15) is 0 Å². The largest absolute Gasteiger partial charge is 0.373 e. The first-order valence-corrected chi connectivity index (χ1v) is 6.34. The molecular formula is C13H22N4O. The Morgan fingerprint density at radius 2 is 2.06 bits per heavy atom. The molecule has 1 fully saturated rings. The van der Waals surface area contributed by atoms with Gasteiger partial charge in [0.1, 0.15) is 11.9 Å². The summed E-state index contributed by atoms with van der Waals surface area (Å²) in [7, 11) is 1.71. The van der Waals surface area contributed by atoms with Crippen molar-refractivity contribution in [1.29, 1.82) is 0 Å². The van der Waals surface area contributed by atoms with E-state index in [1.165, 1.54) is 12.8 Å². The predicted octanol–water partition coefficient (Wildman–Crippen LogP) is 2.16. The first kappa shape index (κ1) is 13.2. The van der Waals surface area contributed by atoms with E-state index in [0.717, 1.165) is 11.5 Å². The predicted molar refractivity (Wildman–Crippen MR) is 71.0 cm³/mol. The Morgan fingerprint density at radius 3 is 2.50 bits per heavy atom. The quantitative estimate of drug-likeness (QED) is 0.633. The minimum absolute atomic E-state index is 0.0144. The zero-order valence-corrected chi connectivity index (χ0v) is 11.5. The van der Waals surface area contributed by atoms with Gasteiger partial charge in [0.25, 0.3) is 0 Å². The van der Waals surface area contributed by atoms with E-state index in [1.54, 1.807) is 7.11 Å². The maximum Gasteiger partial charge on any atom is 0.160 e. The van der Waals surface area contributed by atoms with Crippen LogP contribution in [0.4, 0.5) is 5.82 Å². The van der Waals surface area contributed by atoms with E-state index < -0.39 is 0 Å². The summed E-state index contributed by atoms with van der Waals surface area (Å²) in [5.41, 5.74) is 3.55. The number of anilines is 1. The molecule has 0 aromatic carbocycles. The van der Waals surface area contributed by atoms with Gasteiger partial charge in [-0.3, -0.25) is 0 Å². The van der Waals surface area contributed by atoms with Gasteiger partial charge >= 0.3 is 0 Å².